The molecule has 0 bridgehead atoms. The molecule has 0 unspecified atom stereocenters. The third-order valence-electron chi connectivity index (χ3n) is 5.05. The second-order valence-electron chi connectivity index (χ2n) is 7.14. The van der Waals surface area contributed by atoms with Crippen LogP contribution in [0.15, 0.2) is 41.4 Å². The van der Waals surface area contributed by atoms with Gasteiger partial charge in [0.25, 0.3) is 0 Å². The van der Waals surface area contributed by atoms with Gasteiger partial charge in [-0.3, -0.25) is 4.99 Å². The lowest BCUT2D eigenvalue weighted by Gasteiger charge is -2.29. The molecule has 7 nitrogen and oxygen atoms in total. The fourth-order valence-corrected chi connectivity index (χ4v) is 3.53. The summed E-state index contributed by atoms with van der Waals surface area (Å²) in [6.45, 7) is 5.00. The van der Waals surface area contributed by atoms with E-state index in [0.717, 1.165) is 35.5 Å². The molecule has 1 saturated heterocycles. The number of anilines is 1. The van der Waals surface area contributed by atoms with E-state index >= 15 is 0 Å². The Kier molecular flexibility index (Phi) is 6.09. The molecule has 4 rings (SSSR count). The predicted octanol–water partition coefficient (Wildman–Crippen LogP) is 3.74. The van der Waals surface area contributed by atoms with Crippen molar-refractivity contribution >= 4 is 28.6 Å². The summed E-state index contributed by atoms with van der Waals surface area (Å²) in [5.41, 5.74) is 2.93. The van der Waals surface area contributed by atoms with Crippen molar-refractivity contribution in [3.05, 3.63) is 47.8 Å². The quantitative estimate of drug-likeness (QED) is 0.581. The summed E-state index contributed by atoms with van der Waals surface area (Å²) >= 11 is 0. The number of aromatic nitrogens is 2. The van der Waals surface area contributed by atoms with Gasteiger partial charge in [-0.2, -0.15) is 0 Å². The summed E-state index contributed by atoms with van der Waals surface area (Å²) in [6.07, 6.45) is 2.40. The minimum absolute atomic E-state index is 0.537. The molecule has 1 aromatic heterocycles. The molecular formula is C23H26N4O3. The highest BCUT2D eigenvalue weighted by atomic mass is 16.5. The first-order valence-electron chi connectivity index (χ1n) is 10.0. The predicted molar refractivity (Wildman–Crippen MR) is 119 cm³/mol. The lowest BCUT2D eigenvalue weighted by molar-refractivity contribution is 0.122. The van der Waals surface area contributed by atoms with Crippen molar-refractivity contribution in [2.75, 3.05) is 45.4 Å². The maximum atomic E-state index is 5.52. The van der Waals surface area contributed by atoms with Crippen LogP contribution in [-0.4, -0.2) is 56.7 Å². The monoisotopic (exact) mass is 406 g/mol. The average molecular weight is 406 g/mol. The smallest absolute Gasteiger partial charge is 0.162 e. The number of aliphatic imine (C=N–C) groups is 1. The van der Waals surface area contributed by atoms with E-state index in [4.69, 9.17) is 24.2 Å². The summed E-state index contributed by atoms with van der Waals surface area (Å²) in [5, 5.41) is 0.939. The average Bonchev–Trinajstić information content (AvgIpc) is 2.78. The molecule has 0 N–H and O–H groups in total. The van der Waals surface area contributed by atoms with Gasteiger partial charge in [0.05, 0.1) is 38.6 Å². The zero-order valence-corrected chi connectivity index (χ0v) is 17.6. The van der Waals surface area contributed by atoms with E-state index in [1.54, 1.807) is 14.2 Å². The van der Waals surface area contributed by atoms with Crippen LogP contribution in [0.25, 0.3) is 10.9 Å². The van der Waals surface area contributed by atoms with Gasteiger partial charge in [0.1, 0.15) is 11.6 Å². The second-order valence-corrected chi connectivity index (χ2v) is 7.14. The fraction of sp³-hybridized carbons (Fsp3) is 0.348. The third-order valence-corrected chi connectivity index (χ3v) is 5.05. The normalized spacial score (nSPS) is 14.4. The maximum absolute atomic E-state index is 5.52. The van der Waals surface area contributed by atoms with Crippen LogP contribution < -0.4 is 14.4 Å². The van der Waals surface area contributed by atoms with Crippen LogP contribution in [0.3, 0.4) is 0 Å². The first-order chi connectivity index (χ1) is 14.7. The van der Waals surface area contributed by atoms with Crippen LogP contribution in [0, 0.1) is 6.92 Å². The van der Waals surface area contributed by atoms with Crippen LogP contribution in [0.1, 0.15) is 11.4 Å². The summed E-state index contributed by atoms with van der Waals surface area (Å²) in [4.78, 5) is 16.4. The minimum Gasteiger partial charge on any atom is -0.493 e. The van der Waals surface area contributed by atoms with Gasteiger partial charge >= 0.3 is 0 Å². The molecule has 1 aliphatic rings. The van der Waals surface area contributed by atoms with Gasteiger partial charge < -0.3 is 19.1 Å². The van der Waals surface area contributed by atoms with Gasteiger partial charge in [-0.05, 0) is 30.7 Å². The SMILES string of the molecule is COc1cc2nc(CC=Nc3cccc(C)c3)nc(N3CCOCC3)c2cc1OC. The highest BCUT2D eigenvalue weighted by Crippen LogP contribution is 2.35. The van der Waals surface area contributed by atoms with Crippen molar-refractivity contribution in [3.8, 4) is 11.5 Å². The molecule has 0 spiro atoms. The van der Waals surface area contributed by atoms with Crippen LogP contribution in [-0.2, 0) is 11.2 Å². The highest BCUT2D eigenvalue weighted by Gasteiger charge is 2.19. The minimum atomic E-state index is 0.537. The Morgan fingerprint density at radius 2 is 1.83 bits per heavy atom. The molecule has 156 valence electrons. The summed E-state index contributed by atoms with van der Waals surface area (Å²) < 4.78 is 16.5. The highest BCUT2D eigenvalue weighted by molar-refractivity contribution is 5.92. The second kappa shape index (κ2) is 9.09. The Labute approximate surface area is 176 Å². The van der Waals surface area contributed by atoms with Gasteiger partial charge in [-0.1, -0.05) is 12.1 Å². The Morgan fingerprint density at radius 3 is 2.57 bits per heavy atom. The lowest BCUT2D eigenvalue weighted by atomic mass is 10.2. The molecule has 3 aromatic rings. The number of methoxy groups -OCH3 is 2. The van der Waals surface area contributed by atoms with Gasteiger partial charge in [-0.25, -0.2) is 9.97 Å². The van der Waals surface area contributed by atoms with Crippen molar-refractivity contribution in [2.45, 2.75) is 13.3 Å². The molecule has 2 aromatic carbocycles. The Bertz CT molecular complexity index is 1060. The molecule has 0 atom stereocenters. The molecule has 7 heteroatoms. The molecular weight excluding hydrogens is 380 g/mol. The number of hydrogen-bond donors (Lipinski definition) is 0. The zero-order valence-electron chi connectivity index (χ0n) is 17.6. The zero-order chi connectivity index (χ0) is 20.9. The summed E-state index contributed by atoms with van der Waals surface area (Å²) in [6, 6.07) is 12.0. The molecule has 0 radical (unpaired) electrons. The maximum Gasteiger partial charge on any atom is 0.162 e. The Morgan fingerprint density at radius 1 is 1.07 bits per heavy atom. The third kappa shape index (κ3) is 4.36. The van der Waals surface area contributed by atoms with Gasteiger partial charge in [-0.15, -0.1) is 0 Å². The van der Waals surface area contributed by atoms with E-state index in [1.165, 1.54) is 5.56 Å². The van der Waals surface area contributed by atoms with Crippen LogP contribution >= 0.6 is 0 Å². The number of ether oxygens (including phenoxy) is 3. The van der Waals surface area contributed by atoms with Crippen molar-refractivity contribution in [3.63, 3.8) is 0 Å². The fourth-order valence-electron chi connectivity index (χ4n) is 3.53. The van der Waals surface area contributed by atoms with E-state index in [-0.39, 0.29) is 0 Å². The Balaban J connectivity index is 1.72. The van der Waals surface area contributed by atoms with Crippen molar-refractivity contribution in [1.29, 1.82) is 0 Å². The van der Waals surface area contributed by atoms with Gasteiger partial charge in [0.2, 0.25) is 0 Å². The molecule has 0 amide bonds. The number of morpholine rings is 1. The number of nitrogens with zero attached hydrogens (tertiary/aromatic N) is 4. The van der Waals surface area contributed by atoms with E-state index in [2.05, 4.69) is 22.9 Å². The standard InChI is InChI=1S/C23H26N4O3/c1-16-5-4-6-17(13-16)24-8-7-22-25-19-15-21(29-3)20(28-2)14-18(19)23(26-22)27-9-11-30-12-10-27/h4-6,8,13-15H,7,9-12H2,1-3H3. The first kappa shape index (κ1) is 20.1. The summed E-state index contributed by atoms with van der Waals surface area (Å²) in [5.74, 6) is 2.92. The van der Waals surface area contributed by atoms with E-state index in [1.807, 2.05) is 36.5 Å². The number of rotatable bonds is 6. The molecule has 0 saturated carbocycles. The van der Waals surface area contributed by atoms with Crippen LogP contribution in [0.2, 0.25) is 0 Å². The molecule has 1 aliphatic heterocycles. The van der Waals surface area contributed by atoms with Crippen LogP contribution in [0.5, 0.6) is 11.5 Å². The number of benzene rings is 2. The van der Waals surface area contributed by atoms with Gasteiger partial charge in [0.15, 0.2) is 11.5 Å². The molecule has 0 aliphatic carbocycles. The van der Waals surface area contributed by atoms with E-state index in [9.17, 15) is 0 Å². The van der Waals surface area contributed by atoms with Gasteiger partial charge in [0, 0.05) is 37.2 Å². The molecule has 30 heavy (non-hydrogen) atoms. The number of hydrogen-bond acceptors (Lipinski definition) is 7. The molecule has 2 heterocycles. The Hall–Kier alpha value is -3.19. The largest absolute Gasteiger partial charge is 0.493 e. The van der Waals surface area contributed by atoms with Crippen LogP contribution in [0.4, 0.5) is 11.5 Å². The van der Waals surface area contributed by atoms with Crippen molar-refractivity contribution in [2.24, 2.45) is 4.99 Å². The summed E-state index contributed by atoms with van der Waals surface area (Å²) in [7, 11) is 3.26. The van der Waals surface area contributed by atoms with E-state index < -0.39 is 0 Å². The van der Waals surface area contributed by atoms with Crippen molar-refractivity contribution in [1.82, 2.24) is 9.97 Å². The lowest BCUT2D eigenvalue weighted by Crippen LogP contribution is -2.37. The number of aryl methyl sites for hydroxylation is 1. The first-order valence-corrected chi connectivity index (χ1v) is 10.0. The number of fused-ring (bicyclic) bond motifs is 1. The molecule has 1 fully saturated rings. The topological polar surface area (TPSA) is 69.1 Å². The van der Waals surface area contributed by atoms with E-state index in [0.29, 0.717) is 37.0 Å². The van der Waals surface area contributed by atoms with Crippen molar-refractivity contribution < 1.29 is 14.2 Å².